The fraction of sp³-hybridized carbons (Fsp3) is 0.857. The molecule has 0 aromatic rings. The zero-order valence-corrected chi connectivity index (χ0v) is 6.61. The minimum absolute atomic E-state index is 0.0438. The van der Waals surface area contributed by atoms with Gasteiger partial charge in [0.25, 0.3) is 0 Å². The van der Waals surface area contributed by atoms with Crippen LogP contribution in [0.2, 0.25) is 0 Å². The number of hydrogen-bond donors (Lipinski definition) is 1. The van der Waals surface area contributed by atoms with Crippen LogP contribution in [-0.4, -0.2) is 37.0 Å². The molecule has 0 spiro atoms. The van der Waals surface area contributed by atoms with Crippen molar-refractivity contribution in [3.63, 3.8) is 0 Å². The van der Waals surface area contributed by atoms with Crippen LogP contribution >= 0.6 is 0 Å². The highest BCUT2D eigenvalue weighted by atomic mass is 16.6. The van der Waals surface area contributed by atoms with E-state index in [0.717, 1.165) is 0 Å². The number of aliphatic hydroxyl groups is 1. The summed E-state index contributed by atoms with van der Waals surface area (Å²) in [6, 6.07) is 0. The molecular weight excluding hydrogens is 148 g/mol. The van der Waals surface area contributed by atoms with Crippen LogP contribution in [0.1, 0.15) is 6.92 Å². The molecule has 3 atom stereocenters. The van der Waals surface area contributed by atoms with Crippen LogP contribution in [0.4, 0.5) is 0 Å². The number of ether oxygens (including phenoxy) is 2. The van der Waals surface area contributed by atoms with E-state index in [2.05, 4.69) is 0 Å². The van der Waals surface area contributed by atoms with E-state index >= 15 is 0 Å². The van der Waals surface area contributed by atoms with E-state index in [9.17, 15) is 9.90 Å². The van der Waals surface area contributed by atoms with Crippen molar-refractivity contribution in [3.05, 3.63) is 0 Å². The number of esters is 1. The average molecular weight is 160 g/mol. The van der Waals surface area contributed by atoms with Gasteiger partial charge in [0.2, 0.25) is 0 Å². The summed E-state index contributed by atoms with van der Waals surface area (Å²) in [5.41, 5.74) is 0. The van der Waals surface area contributed by atoms with Gasteiger partial charge in [-0.25, -0.2) is 4.79 Å². The Labute approximate surface area is 65.1 Å². The van der Waals surface area contributed by atoms with E-state index in [0.29, 0.717) is 0 Å². The average Bonchev–Trinajstić information content (AvgIpc) is 1.99. The van der Waals surface area contributed by atoms with E-state index < -0.39 is 18.2 Å². The maximum absolute atomic E-state index is 10.9. The first kappa shape index (κ1) is 8.49. The van der Waals surface area contributed by atoms with Gasteiger partial charge in [0.15, 0.2) is 6.10 Å². The minimum Gasteiger partial charge on any atom is -0.463 e. The number of hydrogen-bond acceptors (Lipinski definition) is 4. The van der Waals surface area contributed by atoms with Crippen molar-refractivity contribution in [1.29, 1.82) is 0 Å². The van der Waals surface area contributed by atoms with Crippen molar-refractivity contribution in [1.82, 2.24) is 0 Å². The molecule has 4 heteroatoms. The summed E-state index contributed by atoms with van der Waals surface area (Å²) in [5, 5.41) is 9.38. The molecule has 0 amide bonds. The summed E-state index contributed by atoms with van der Waals surface area (Å²) in [6.45, 7) is 2.09. The van der Waals surface area contributed by atoms with Gasteiger partial charge in [-0.15, -0.1) is 0 Å². The van der Waals surface area contributed by atoms with Gasteiger partial charge >= 0.3 is 5.97 Å². The van der Waals surface area contributed by atoms with Crippen molar-refractivity contribution in [2.75, 3.05) is 13.7 Å². The molecular formula is C7H12O4. The number of cyclic esters (lactones) is 1. The van der Waals surface area contributed by atoms with Crippen LogP contribution in [0.5, 0.6) is 0 Å². The van der Waals surface area contributed by atoms with Gasteiger partial charge in [-0.2, -0.15) is 0 Å². The second-order valence-corrected chi connectivity index (χ2v) is 2.75. The fourth-order valence-corrected chi connectivity index (χ4v) is 1.07. The molecule has 0 aliphatic carbocycles. The second-order valence-electron chi connectivity index (χ2n) is 2.75. The van der Waals surface area contributed by atoms with Crippen molar-refractivity contribution in [2.45, 2.75) is 19.1 Å². The molecule has 0 radical (unpaired) electrons. The second kappa shape index (κ2) is 3.19. The Balaban J connectivity index is 2.63. The molecule has 4 nitrogen and oxygen atoms in total. The quantitative estimate of drug-likeness (QED) is 0.528. The van der Waals surface area contributed by atoms with Gasteiger partial charge in [0.05, 0.1) is 12.7 Å². The van der Waals surface area contributed by atoms with Crippen LogP contribution in [0, 0.1) is 5.92 Å². The summed E-state index contributed by atoms with van der Waals surface area (Å²) >= 11 is 0. The summed E-state index contributed by atoms with van der Waals surface area (Å²) < 4.78 is 9.50. The third-order valence-corrected chi connectivity index (χ3v) is 1.87. The van der Waals surface area contributed by atoms with E-state index in [1.807, 2.05) is 6.92 Å². The van der Waals surface area contributed by atoms with Crippen LogP contribution in [-0.2, 0) is 14.3 Å². The Kier molecular flexibility index (Phi) is 2.46. The van der Waals surface area contributed by atoms with Crippen LogP contribution < -0.4 is 0 Å². The van der Waals surface area contributed by atoms with Gasteiger partial charge in [0.1, 0.15) is 0 Å². The standard InChI is InChI=1S/C7H12O4/c1-4-3-11-7(9)6(10-2)5(4)8/h4-6,8H,3H2,1-2H3/t4-,5+,6-/m1/s1. The van der Waals surface area contributed by atoms with Crippen LogP contribution in [0.3, 0.4) is 0 Å². The lowest BCUT2D eigenvalue weighted by Crippen LogP contribution is -2.47. The number of carbonyl (C=O) groups is 1. The molecule has 1 aliphatic heterocycles. The van der Waals surface area contributed by atoms with Crippen molar-refractivity contribution in [3.8, 4) is 0 Å². The van der Waals surface area contributed by atoms with Crippen molar-refractivity contribution in [2.24, 2.45) is 5.92 Å². The lowest BCUT2D eigenvalue weighted by Gasteiger charge is -2.30. The molecule has 0 saturated carbocycles. The predicted octanol–water partition coefficient (Wildman–Crippen LogP) is -0.445. The Morgan fingerprint density at radius 2 is 2.36 bits per heavy atom. The van der Waals surface area contributed by atoms with E-state index in [-0.39, 0.29) is 12.5 Å². The molecule has 0 unspecified atom stereocenters. The molecule has 0 bridgehead atoms. The first-order valence-corrected chi connectivity index (χ1v) is 3.54. The van der Waals surface area contributed by atoms with Crippen LogP contribution in [0.25, 0.3) is 0 Å². The highest BCUT2D eigenvalue weighted by Gasteiger charge is 2.37. The first-order chi connectivity index (χ1) is 5.16. The third-order valence-electron chi connectivity index (χ3n) is 1.87. The largest absolute Gasteiger partial charge is 0.463 e. The molecule has 1 heterocycles. The molecule has 1 rings (SSSR count). The SMILES string of the molecule is CO[C@H]1C(=O)OC[C@@H](C)[C@@H]1O. The molecule has 64 valence electrons. The highest BCUT2D eigenvalue weighted by molar-refractivity contribution is 5.76. The Hall–Kier alpha value is -0.610. The molecule has 1 N–H and O–H groups in total. The molecule has 0 aromatic heterocycles. The number of methoxy groups -OCH3 is 1. The maximum atomic E-state index is 10.9. The van der Waals surface area contributed by atoms with Crippen LogP contribution in [0.15, 0.2) is 0 Å². The Morgan fingerprint density at radius 3 is 2.82 bits per heavy atom. The Bertz CT molecular complexity index is 157. The summed E-state index contributed by atoms with van der Waals surface area (Å²) in [5.74, 6) is -0.518. The zero-order chi connectivity index (χ0) is 8.43. The topological polar surface area (TPSA) is 55.8 Å². The summed E-state index contributed by atoms with van der Waals surface area (Å²) in [4.78, 5) is 10.9. The van der Waals surface area contributed by atoms with Crippen molar-refractivity contribution >= 4 is 5.97 Å². The third kappa shape index (κ3) is 1.52. The molecule has 0 aromatic carbocycles. The minimum atomic E-state index is -0.807. The maximum Gasteiger partial charge on any atom is 0.337 e. The normalized spacial score (nSPS) is 38.5. The number of rotatable bonds is 1. The number of aliphatic hydroxyl groups excluding tert-OH is 1. The van der Waals surface area contributed by atoms with Gasteiger partial charge in [-0.05, 0) is 0 Å². The van der Waals surface area contributed by atoms with Gasteiger partial charge in [-0.3, -0.25) is 0 Å². The monoisotopic (exact) mass is 160 g/mol. The van der Waals surface area contributed by atoms with Gasteiger partial charge in [-0.1, -0.05) is 6.92 Å². The fourth-order valence-electron chi connectivity index (χ4n) is 1.07. The van der Waals surface area contributed by atoms with E-state index in [1.54, 1.807) is 0 Å². The lowest BCUT2D eigenvalue weighted by atomic mass is 9.98. The van der Waals surface area contributed by atoms with Gasteiger partial charge < -0.3 is 14.6 Å². The molecule has 11 heavy (non-hydrogen) atoms. The zero-order valence-electron chi connectivity index (χ0n) is 6.61. The molecule has 1 aliphatic rings. The smallest absolute Gasteiger partial charge is 0.337 e. The predicted molar refractivity (Wildman–Crippen MR) is 36.9 cm³/mol. The Morgan fingerprint density at radius 1 is 1.73 bits per heavy atom. The van der Waals surface area contributed by atoms with E-state index in [1.165, 1.54) is 7.11 Å². The van der Waals surface area contributed by atoms with Gasteiger partial charge in [0, 0.05) is 13.0 Å². The van der Waals surface area contributed by atoms with Crippen molar-refractivity contribution < 1.29 is 19.4 Å². The van der Waals surface area contributed by atoms with E-state index in [4.69, 9.17) is 9.47 Å². The highest BCUT2D eigenvalue weighted by Crippen LogP contribution is 2.17. The lowest BCUT2D eigenvalue weighted by molar-refractivity contribution is -0.179. The summed E-state index contributed by atoms with van der Waals surface area (Å²) in [6.07, 6.45) is -1.54. The first-order valence-electron chi connectivity index (χ1n) is 3.54. The number of carbonyl (C=O) groups excluding carboxylic acids is 1. The summed E-state index contributed by atoms with van der Waals surface area (Å²) in [7, 11) is 1.38. The molecule has 1 fully saturated rings. The molecule has 1 saturated heterocycles.